The molecule has 0 bridgehead atoms. The standard InChI is InChI=1S/C24H39N3O3/c1-4-30-22-10-8-21(9-11-22)27-18-20(17-26(3)23(29)25-14-15-28)16-24(19(27)2)12-6-5-7-13-24/h8-11,19-20,28H,4-7,12-18H2,1-3H3,(H,25,29). The van der Waals surface area contributed by atoms with Gasteiger partial charge in [-0.15, -0.1) is 0 Å². The van der Waals surface area contributed by atoms with Crippen molar-refractivity contribution < 1.29 is 14.6 Å². The maximum Gasteiger partial charge on any atom is 0.317 e. The Kier molecular flexibility index (Phi) is 7.87. The number of carbonyl (C=O) groups is 1. The number of ether oxygens (including phenoxy) is 1. The van der Waals surface area contributed by atoms with Crippen molar-refractivity contribution in [3.8, 4) is 5.75 Å². The molecule has 2 fully saturated rings. The van der Waals surface area contributed by atoms with E-state index in [9.17, 15) is 4.79 Å². The second kappa shape index (κ2) is 10.4. The van der Waals surface area contributed by atoms with Crippen molar-refractivity contribution in [2.45, 2.75) is 58.4 Å². The fraction of sp³-hybridized carbons (Fsp3) is 0.708. The number of hydrogen-bond donors (Lipinski definition) is 2. The molecule has 3 rings (SSSR count). The molecule has 2 N–H and O–H groups in total. The van der Waals surface area contributed by atoms with Gasteiger partial charge >= 0.3 is 6.03 Å². The van der Waals surface area contributed by atoms with Crippen molar-refractivity contribution in [1.82, 2.24) is 10.2 Å². The SMILES string of the molecule is CCOc1ccc(N2CC(CN(C)C(=O)NCCO)CC3(CCCCC3)C2C)cc1. The summed E-state index contributed by atoms with van der Waals surface area (Å²) in [6.45, 7) is 7.03. The van der Waals surface area contributed by atoms with Gasteiger partial charge in [0.1, 0.15) is 5.75 Å². The maximum atomic E-state index is 12.3. The number of hydrogen-bond acceptors (Lipinski definition) is 4. The van der Waals surface area contributed by atoms with Gasteiger partial charge in [0.15, 0.2) is 0 Å². The van der Waals surface area contributed by atoms with Crippen LogP contribution in [0.1, 0.15) is 52.4 Å². The van der Waals surface area contributed by atoms with Crippen molar-refractivity contribution in [3.05, 3.63) is 24.3 Å². The minimum atomic E-state index is -0.104. The van der Waals surface area contributed by atoms with Crippen LogP contribution in [0.5, 0.6) is 5.75 Å². The zero-order valence-corrected chi connectivity index (χ0v) is 18.9. The highest BCUT2D eigenvalue weighted by molar-refractivity contribution is 5.73. The fourth-order valence-electron chi connectivity index (χ4n) is 5.57. The zero-order chi connectivity index (χ0) is 21.6. The third-order valence-corrected chi connectivity index (χ3v) is 7.10. The predicted octanol–water partition coefficient (Wildman–Crippen LogP) is 3.88. The topological polar surface area (TPSA) is 65.0 Å². The van der Waals surface area contributed by atoms with Gasteiger partial charge in [-0.1, -0.05) is 19.3 Å². The second-order valence-electron chi connectivity index (χ2n) is 9.08. The number of aliphatic hydroxyl groups is 1. The predicted molar refractivity (Wildman–Crippen MR) is 121 cm³/mol. The summed E-state index contributed by atoms with van der Waals surface area (Å²) in [6, 6.07) is 8.87. The Hall–Kier alpha value is -1.95. The van der Waals surface area contributed by atoms with Crippen LogP contribution in [0.2, 0.25) is 0 Å². The minimum Gasteiger partial charge on any atom is -0.494 e. The number of piperidine rings is 1. The molecule has 30 heavy (non-hydrogen) atoms. The minimum absolute atomic E-state index is 0.0326. The number of urea groups is 1. The molecule has 1 saturated carbocycles. The Morgan fingerprint density at radius 2 is 1.97 bits per heavy atom. The summed E-state index contributed by atoms with van der Waals surface area (Å²) in [6.07, 6.45) is 7.68. The Morgan fingerprint density at radius 1 is 1.27 bits per heavy atom. The molecule has 1 aromatic rings. The third-order valence-electron chi connectivity index (χ3n) is 7.10. The fourth-order valence-corrected chi connectivity index (χ4v) is 5.57. The van der Waals surface area contributed by atoms with Gasteiger partial charge in [0.05, 0.1) is 13.2 Å². The van der Waals surface area contributed by atoms with Crippen LogP contribution in [0.4, 0.5) is 10.5 Å². The molecule has 2 atom stereocenters. The number of aliphatic hydroxyl groups excluding tert-OH is 1. The summed E-state index contributed by atoms with van der Waals surface area (Å²) >= 11 is 0. The van der Waals surface area contributed by atoms with Gasteiger partial charge in [-0.2, -0.15) is 0 Å². The summed E-state index contributed by atoms with van der Waals surface area (Å²) < 4.78 is 5.63. The second-order valence-corrected chi connectivity index (χ2v) is 9.08. The molecule has 2 unspecified atom stereocenters. The van der Waals surface area contributed by atoms with Crippen LogP contribution in [-0.2, 0) is 0 Å². The summed E-state index contributed by atoms with van der Waals surface area (Å²) in [4.78, 5) is 16.7. The van der Waals surface area contributed by atoms with Crippen molar-refractivity contribution in [3.63, 3.8) is 0 Å². The van der Waals surface area contributed by atoms with Crippen LogP contribution in [0.3, 0.4) is 0 Å². The largest absolute Gasteiger partial charge is 0.494 e. The molecule has 6 heteroatoms. The van der Waals surface area contributed by atoms with Crippen molar-refractivity contribution in [2.24, 2.45) is 11.3 Å². The number of benzene rings is 1. The molecular formula is C24H39N3O3. The van der Waals surface area contributed by atoms with Gasteiger partial charge in [0.25, 0.3) is 0 Å². The molecule has 1 aromatic carbocycles. The lowest BCUT2D eigenvalue weighted by molar-refractivity contribution is 0.0707. The van der Waals surface area contributed by atoms with Crippen molar-refractivity contribution >= 4 is 11.7 Å². The van der Waals surface area contributed by atoms with Crippen LogP contribution in [-0.4, -0.2) is 62.0 Å². The van der Waals surface area contributed by atoms with Gasteiger partial charge in [0.2, 0.25) is 0 Å². The summed E-state index contributed by atoms with van der Waals surface area (Å²) in [5, 5.41) is 11.8. The third kappa shape index (κ3) is 5.20. The van der Waals surface area contributed by atoms with Crippen LogP contribution in [0.25, 0.3) is 0 Å². The van der Waals surface area contributed by atoms with E-state index in [2.05, 4.69) is 41.4 Å². The molecule has 1 heterocycles. The Bertz CT molecular complexity index is 673. The molecule has 1 spiro atoms. The monoisotopic (exact) mass is 417 g/mol. The number of carbonyl (C=O) groups excluding carboxylic acids is 1. The van der Waals surface area contributed by atoms with Gasteiger partial charge in [0, 0.05) is 38.4 Å². The first kappa shape index (κ1) is 22.7. The maximum absolute atomic E-state index is 12.3. The van der Waals surface area contributed by atoms with E-state index in [1.807, 2.05) is 14.0 Å². The first-order valence-corrected chi connectivity index (χ1v) is 11.6. The molecule has 0 radical (unpaired) electrons. The van der Waals surface area contributed by atoms with Gasteiger partial charge in [-0.3, -0.25) is 0 Å². The van der Waals surface area contributed by atoms with Gasteiger partial charge < -0.3 is 25.0 Å². The Morgan fingerprint density at radius 3 is 2.60 bits per heavy atom. The van der Waals surface area contributed by atoms with Gasteiger partial charge in [-0.05, 0) is 68.7 Å². The van der Waals surface area contributed by atoms with E-state index in [0.717, 1.165) is 18.8 Å². The van der Waals surface area contributed by atoms with Crippen molar-refractivity contribution in [2.75, 3.05) is 44.8 Å². The number of anilines is 1. The highest BCUT2D eigenvalue weighted by Crippen LogP contribution is 2.50. The van der Waals surface area contributed by atoms with Gasteiger partial charge in [-0.25, -0.2) is 4.79 Å². The van der Waals surface area contributed by atoms with E-state index in [1.165, 1.54) is 44.2 Å². The lowest BCUT2D eigenvalue weighted by Crippen LogP contribution is -2.57. The van der Waals surface area contributed by atoms with E-state index in [1.54, 1.807) is 4.90 Å². The first-order valence-electron chi connectivity index (χ1n) is 11.6. The normalized spacial score (nSPS) is 23.3. The smallest absolute Gasteiger partial charge is 0.317 e. The number of rotatable bonds is 7. The molecule has 2 aliphatic rings. The highest BCUT2D eigenvalue weighted by Gasteiger charge is 2.46. The summed E-state index contributed by atoms with van der Waals surface area (Å²) in [7, 11) is 1.86. The molecule has 1 aliphatic carbocycles. The molecular weight excluding hydrogens is 378 g/mol. The Balaban J connectivity index is 1.78. The number of nitrogens with one attached hydrogen (secondary N) is 1. The van der Waals surface area contributed by atoms with E-state index in [0.29, 0.717) is 30.5 Å². The highest BCUT2D eigenvalue weighted by atomic mass is 16.5. The summed E-state index contributed by atoms with van der Waals surface area (Å²) in [5.41, 5.74) is 1.57. The summed E-state index contributed by atoms with van der Waals surface area (Å²) in [5.74, 6) is 1.34. The lowest BCUT2D eigenvalue weighted by Gasteiger charge is -2.54. The van der Waals surface area contributed by atoms with Crippen LogP contribution >= 0.6 is 0 Å². The molecule has 1 aliphatic heterocycles. The Labute approximate surface area is 181 Å². The van der Waals surface area contributed by atoms with E-state index in [4.69, 9.17) is 9.84 Å². The first-order chi connectivity index (χ1) is 14.5. The number of amides is 2. The number of nitrogens with zero attached hydrogens (tertiary/aromatic N) is 2. The molecule has 168 valence electrons. The average Bonchev–Trinajstić information content (AvgIpc) is 2.76. The van der Waals surface area contributed by atoms with Crippen LogP contribution in [0.15, 0.2) is 24.3 Å². The van der Waals surface area contributed by atoms with E-state index in [-0.39, 0.29) is 12.6 Å². The lowest BCUT2D eigenvalue weighted by atomic mass is 9.62. The molecule has 0 aromatic heterocycles. The molecule has 2 amide bonds. The van der Waals surface area contributed by atoms with Crippen molar-refractivity contribution in [1.29, 1.82) is 0 Å². The van der Waals surface area contributed by atoms with E-state index >= 15 is 0 Å². The zero-order valence-electron chi connectivity index (χ0n) is 18.9. The van der Waals surface area contributed by atoms with Crippen LogP contribution in [0, 0.1) is 11.3 Å². The average molecular weight is 418 g/mol. The molecule has 1 saturated heterocycles. The van der Waals surface area contributed by atoms with Crippen LogP contribution < -0.4 is 15.0 Å². The van der Waals surface area contributed by atoms with E-state index < -0.39 is 0 Å². The molecule has 6 nitrogen and oxygen atoms in total. The quantitative estimate of drug-likeness (QED) is 0.707.